The molecule has 0 saturated heterocycles. The van der Waals surface area contributed by atoms with Gasteiger partial charge in [0, 0.05) is 17.5 Å². The van der Waals surface area contributed by atoms with Gasteiger partial charge in [-0.05, 0) is 44.4 Å². The standard InChI is InChI=1S/C14H24N2O2S2/c1-11-4-3-5-12(7-6-11)16-20(17,18)14-9-8-13(19-14)10-15-2/h8-9,11-12,15-16H,3-7,10H2,1-2H3. The van der Waals surface area contributed by atoms with E-state index < -0.39 is 10.0 Å². The van der Waals surface area contributed by atoms with Crippen molar-refractivity contribution >= 4 is 21.4 Å². The Morgan fingerprint density at radius 2 is 2.05 bits per heavy atom. The smallest absolute Gasteiger partial charge is 0.250 e. The lowest BCUT2D eigenvalue weighted by Crippen LogP contribution is -2.34. The predicted molar refractivity (Wildman–Crippen MR) is 83.4 cm³/mol. The summed E-state index contributed by atoms with van der Waals surface area (Å²) in [5.74, 6) is 0.716. The number of sulfonamides is 1. The lowest BCUT2D eigenvalue weighted by atomic mass is 10.0. The Hall–Kier alpha value is -0.430. The van der Waals surface area contributed by atoms with Crippen LogP contribution in [0, 0.1) is 5.92 Å². The van der Waals surface area contributed by atoms with Gasteiger partial charge in [0.1, 0.15) is 4.21 Å². The predicted octanol–water partition coefficient (Wildman–Crippen LogP) is 2.71. The fourth-order valence-corrected chi connectivity index (χ4v) is 5.34. The van der Waals surface area contributed by atoms with Crippen molar-refractivity contribution in [2.45, 2.75) is 55.8 Å². The molecule has 0 radical (unpaired) electrons. The van der Waals surface area contributed by atoms with Crippen molar-refractivity contribution in [3.63, 3.8) is 0 Å². The Bertz CT molecular complexity index is 525. The van der Waals surface area contributed by atoms with E-state index in [9.17, 15) is 8.42 Å². The summed E-state index contributed by atoms with van der Waals surface area (Å²) < 4.78 is 28.1. The summed E-state index contributed by atoms with van der Waals surface area (Å²) in [6.07, 6.45) is 5.35. The van der Waals surface area contributed by atoms with E-state index in [-0.39, 0.29) is 6.04 Å². The zero-order valence-corrected chi connectivity index (χ0v) is 13.8. The van der Waals surface area contributed by atoms with E-state index in [0.29, 0.717) is 16.7 Å². The summed E-state index contributed by atoms with van der Waals surface area (Å²) >= 11 is 1.35. The number of nitrogens with one attached hydrogen (secondary N) is 2. The molecule has 114 valence electrons. The minimum absolute atomic E-state index is 0.0970. The maximum absolute atomic E-state index is 12.4. The van der Waals surface area contributed by atoms with Crippen LogP contribution >= 0.6 is 11.3 Å². The zero-order chi connectivity index (χ0) is 14.6. The van der Waals surface area contributed by atoms with E-state index >= 15 is 0 Å². The van der Waals surface area contributed by atoms with E-state index in [1.54, 1.807) is 6.07 Å². The molecule has 2 rings (SSSR count). The molecule has 1 heterocycles. The van der Waals surface area contributed by atoms with Gasteiger partial charge in [-0.1, -0.05) is 19.8 Å². The third kappa shape index (κ3) is 4.28. The fraction of sp³-hybridized carbons (Fsp3) is 0.714. The van der Waals surface area contributed by atoms with E-state index in [0.717, 1.165) is 30.6 Å². The fourth-order valence-electron chi connectivity index (χ4n) is 2.65. The highest BCUT2D eigenvalue weighted by atomic mass is 32.2. The molecule has 2 atom stereocenters. The van der Waals surface area contributed by atoms with Crippen molar-refractivity contribution in [1.82, 2.24) is 10.0 Å². The van der Waals surface area contributed by atoms with Crippen LogP contribution in [0.25, 0.3) is 0 Å². The lowest BCUT2D eigenvalue weighted by molar-refractivity contribution is 0.485. The van der Waals surface area contributed by atoms with Crippen molar-refractivity contribution in [1.29, 1.82) is 0 Å². The Morgan fingerprint density at radius 1 is 1.25 bits per heavy atom. The van der Waals surface area contributed by atoms with Gasteiger partial charge < -0.3 is 5.32 Å². The molecule has 1 aliphatic carbocycles. The number of rotatable bonds is 5. The van der Waals surface area contributed by atoms with E-state index in [1.165, 1.54) is 17.8 Å². The van der Waals surface area contributed by atoms with Crippen LogP contribution in [0.2, 0.25) is 0 Å². The SMILES string of the molecule is CNCc1ccc(S(=O)(=O)NC2CCCC(C)CC2)s1. The molecule has 0 aliphatic heterocycles. The largest absolute Gasteiger partial charge is 0.315 e. The van der Waals surface area contributed by atoms with Gasteiger partial charge in [-0.15, -0.1) is 11.3 Å². The van der Waals surface area contributed by atoms with Gasteiger partial charge >= 0.3 is 0 Å². The Kier molecular flexibility index (Phi) is 5.60. The van der Waals surface area contributed by atoms with Crippen LogP contribution in [0.5, 0.6) is 0 Å². The van der Waals surface area contributed by atoms with Gasteiger partial charge in [0.05, 0.1) is 0 Å². The van der Waals surface area contributed by atoms with Crippen molar-refractivity contribution in [2.24, 2.45) is 5.92 Å². The number of thiophene rings is 1. The minimum Gasteiger partial charge on any atom is -0.315 e. The molecule has 0 bridgehead atoms. The monoisotopic (exact) mass is 316 g/mol. The molecular formula is C14H24N2O2S2. The van der Waals surface area contributed by atoms with Gasteiger partial charge in [0.2, 0.25) is 10.0 Å². The molecule has 1 aromatic rings. The van der Waals surface area contributed by atoms with Crippen LogP contribution in [0.15, 0.2) is 16.3 Å². The summed E-state index contributed by atoms with van der Waals surface area (Å²) in [4.78, 5) is 1.04. The first kappa shape index (κ1) is 15.9. The third-order valence-corrected chi connectivity index (χ3v) is 6.93. The maximum atomic E-state index is 12.4. The number of hydrogen-bond acceptors (Lipinski definition) is 4. The molecule has 4 nitrogen and oxygen atoms in total. The average Bonchev–Trinajstić information content (AvgIpc) is 2.77. The molecule has 2 unspecified atom stereocenters. The highest BCUT2D eigenvalue weighted by Crippen LogP contribution is 2.26. The Morgan fingerprint density at radius 3 is 2.80 bits per heavy atom. The molecule has 0 amide bonds. The van der Waals surface area contributed by atoms with Crippen molar-refractivity contribution in [3.05, 3.63) is 17.0 Å². The Labute approximate surface area is 126 Å². The van der Waals surface area contributed by atoms with Gasteiger partial charge in [-0.25, -0.2) is 13.1 Å². The Balaban J connectivity index is 2.02. The van der Waals surface area contributed by atoms with Crippen molar-refractivity contribution < 1.29 is 8.42 Å². The van der Waals surface area contributed by atoms with Crippen LogP contribution < -0.4 is 10.0 Å². The van der Waals surface area contributed by atoms with Gasteiger partial charge in [-0.2, -0.15) is 0 Å². The summed E-state index contributed by atoms with van der Waals surface area (Å²) in [6, 6.07) is 3.68. The van der Waals surface area contributed by atoms with E-state index in [4.69, 9.17) is 0 Å². The first-order chi connectivity index (χ1) is 9.51. The molecule has 1 fully saturated rings. The summed E-state index contributed by atoms with van der Waals surface area (Å²) in [5, 5.41) is 3.04. The molecular weight excluding hydrogens is 292 g/mol. The maximum Gasteiger partial charge on any atom is 0.250 e. The molecule has 0 aromatic carbocycles. The van der Waals surface area contributed by atoms with Crippen LogP contribution in [0.4, 0.5) is 0 Å². The van der Waals surface area contributed by atoms with Crippen LogP contribution in [0.1, 0.15) is 43.9 Å². The summed E-state index contributed by atoms with van der Waals surface area (Å²) in [5.41, 5.74) is 0. The molecule has 1 aliphatic rings. The molecule has 0 spiro atoms. The quantitative estimate of drug-likeness (QED) is 0.821. The van der Waals surface area contributed by atoms with Crippen LogP contribution in [-0.4, -0.2) is 21.5 Å². The lowest BCUT2D eigenvalue weighted by Gasteiger charge is -2.15. The highest BCUT2D eigenvalue weighted by Gasteiger charge is 2.23. The van der Waals surface area contributed by atoms with Gasteiger partial charge in [-0.3, -0.25) is 0 Å². The first-order valence-corrected chi connectivity index (χ1v) is 9.57. The van der Waals surface area contributed by atoms with Crippen LogP contribution in [-0.2, 0) is 16.6 Å². The normalized spacial score (nSPS) is 24.5. The first-order valence-electron chi connectivity index (χ1n) is 7.27. The second-order valence-corrected chi connectivity index (χ2v) is 8.79. The second kappa shape index (κ2) is 7.02. The highest BCUT2D eigenvalue weighted by molar-refractivity contribution is 7.91. The molecule has 1 saturated carbocycles. The topological polar surface area (TPSA) is 58.2 Å². The number of hydrogen-bond donors (Lipinski definition) is 2. The van der Waals surface area contributed by atoms with E-state index in [2.05, 4.69) is 17.0 Å². The minimum atomic E-state index is -3.35. The summed E-state index contributed by atoms with van der Waals surface area (Å²) in [7, 11) is -1.49. The summed E-state index contributed by atoms with van der Waals surface area (Å²) in [6.45, 7) is 2.96. The van der Waals surface area contributed by atoms with Gasteiger partial charge in [0.25, 0.3) is 0 Å². The molecule has 20 heavy (non-hydrogen) atoms. The van der Waals surface area contributed by atoms with Crippen molar-refractivity contribution in [2.75, 3.05) is 7.05 Å². The van der Waals surface area contributed by atoms with Crippen LogP contribution in [0.3, 0.4) is 0 Å². The van der Waals surface area contributed by atoms with E-state index in [1.807, 2.05) is 13.1 Å². The van der Waals surface area contributed by atoms with Gasteiger partial charge in [0.15, 0.2) is 0 Å². The molecule has 1 aromatic heterocycles. The third-order valence-electron chi connectivity index (χ3n) is 3.83. The molecule has 2 N–H and O–H groups in total. The second-order valence-electron chi connectivity index (χ2n) is 5.68. The zero-order valence-electron chi connectivity index (χ0n) is 12.2. The van der Waals surface area contributed by atoms with Crippen molar-refractivity contribution in [3.8, 4) is 0 Å². The average molecular weight is 316 g/mol. The molecule has 6 heteroatoms.